The Balaban J connectivity index is 2.02. The van der Waals surface area contributed by atoms with Gasteiger partial charge >= 0.3 is 0 Å². The molecule has 1 aromatic carbocycles. The molecule has 4 nitrogen and oxygen atoms in total. The molecule has 0 spiro atoms. The average Bonchev–Trinajstić information content (AvgIpc) is 2.62. The van der Waals surface area contributed by atoms with Crippen molar-refractivity contribution in [1.29, 1.82) is 5.26 Å². The quantitative estimate of drug-likeness (QED) is 0.891. The largest absolute Gasteiger partial charge is 0.306 e. The summed E-state index contributed by atoms with van der Waals surface area (Å²) in [6.45, 7) is 2.52. The molecule has 1 heterocycles. The lowest BCUT2D eigenvalue weighted by molar-refractivity contribution is 0.395. The molecule has 1 saturated heterocycles. The van der Waals surface area contributed by atoms with Crippen LogP contribution in [0.1, 0.15) is 24.5 Å². The van der Waals surface area contributed by atoms with E-state index in [1.165, 1.54) is 0 Å². The third-order valence-electron chi connectivity index (χ3n) is 3.28. The molecule has 1 aliphatic rings. The van der Waals surface area contributed by atoms with Crippen molar-refractivity contribution in [3.63, 3.8) is 0 Å². The highest BCUT2D eigenvalue weighted by Gasteiger charge is 2.37. The molecule has 1 atom stereocenters. The van der Waals surface area contributed by atoms with E-state index in [0.717, 1.165) is 5.56 Å². The highest BCUT2D eigenvalue weighted by atomic mass is 32.2. The van der Waals surface area contributed by atoms with Crippen molar-refractivity contribution in [2.24, 2.45) is 0 Å². The van der Waals surface area contributed by atoms with Crippen LogP contribution in [-0.2, 0) is 16.4 Å². The van der Waals surface area contributed by atoms with Gasteiger partial charge in [-0.2, -0.15) is 5.26 Å². The van der Waals surface area contributed by atoms with Gasteiger partial charge in [-0.3, -0.25) is 0 Å². The van der Waals surface area contributed by atoms with Crippen LogP contribution >= 0.6 is 0 Å². The van der Waals surface area contributed by atoms with Gasteiger partial charge < -0.3 is 5.32 Å². The van der Waals surface area contributed by atoms with Crippen LogP contribution in [0, 0.1) is 11.3 Å². The van der Waals surface area contributed by atoms with Crippen LogP contribution in [0.3, 0.4) is 0 Å². The smallest absolute Gasteiger partial charge is 0.152 e. The Morgan fingerprint density at radius 1 is 1.50 bits per heavy atom. The summed E-state index contributed by atoms with van der Waals surface area (Å²) in [5.74, 6) is 0.451. The maximum Gasteiger partial charge on any atom is 0.152 e. The standard InChI is InChI=1S/C13H16N2O2S/c1-13(5-6-18(16,17)10-13)15-9-12-4-2-3-11(7-12)8-14/h2-4,7,15H,5-6,9-10H2,1H3. The fourth-order valence-electron chi connectivity index (χ4n) is 2.22. The number of nitriles is 1. The van der Waals surface area contributed by atoms with Crippen LogP contribution in [0.25, 0.3) is 0 Å². The Labute approximate surface area is 108 Å². The Morgan fingerprint density at radius 2 is 2.28 bits per heavy atom. The minimum atomic E-state index is -2.89. The van der Waals surface area contributed by atoms with E-state index < -0.39 is 9.84 Å². The fourth-order valence-corrected chi connectivity index (χ4v) is 4.34. The molecule has 96 valence electrons. The molecule has 1 unspecified atom stereocenters. The lowest BCUT2D eigenvalue weighted by atomic mass is 10.0. The highest BCUT2D eigenvalue weighted by Crippen LogP contribution is 2.23. The van der Waals surface area contributed by atoms with Gasteiger partial charge in [0.25, 0.3) is 0 Å². The fraction of sp³-hybridized carbons (Fsp3) is 0.462. The third-order valence-corrected chi connectivity index (χ3v) is 5.18. The lowest BCUT2D eigenvalue weighted by Crippen LogP contribution is -2.42. The first-order valence-electron chi connectivity index (χ1n) is 5.87. The molecule has 1 N–H and O–H groups in total. The Hall–Kier alpha value is -1.38. The summed E-state index contributed by atoms with van der Waals surface area (Å²) < 4.78 is 22.9. The normalized spacial score (nSPS) is 25.8. The summed E-state index contributed by atoms with van der Waals surface area (Å²) in [6.07, 6.45) is 0.646. The van der Waals surface area contributed by atoms with E-state index in [-0.39, 0.29) is 17.0 Å². The molecule has 1 fully saturated rings. The number of benzene rings is 1. The number of rotatable bonds is 3. The molecule has 1 aliphatic heterocycles. The van der Waals surface area contributed by atoms with Gasteiger partial charge in [-0.15, -0.1) is 0 Å². The molecule has 0 bridgehead atoms. The SMILES string of the molecule is CC1(NCc2cccc(C#N)c2)CCS(=O)(=O)C1. The lowest BCUT2D eigenvalue weighted by Gasteiger charge is -2.24. The van der Waals surface area contributed by atoms with Gasteiger partial charge in [0, 0.05) is 12.1 Å². The van der Waals surface area contributed by atoms with Crippen molar-refractivity contribution in [2.45, 2.75) is 25.4 Å². The van der Waals surface area contributed by atoms with Crippen molar-refractivity contribution < 1.29 is 8.42 Å². The number of nitrogens with one attached hydrogen (secondary N) is 1. The molecule has 18 heavy (non-hydrogen) atoms. The number of sulfone groups is 1. The van der Waals surface area contributed by atoms with E-state index in [2.05, 4.69) is 11.4 Å². The van der Waals surface area contributed by atoms with E-state index in [1.807, 2.05) is 25.1 Å². The van der Waals surface area contributed by atoms with Crippen molar-refractivity contribution in [1.82, 2.24) is 5.32 Å². The van der Waals surface area contributed by atoms with E-state index in [0.29, 0.717) is 18.5 Å². The highest BCUT2D eigenvalue weighted by molar-refractivity contribution is 7.91. The Morgan fingerprint density at radius 3 is 2.89 bits per heavy atom. The molecule has 0 radical (unpaired) electrons. The monoisotopic (exact) mass is 264 g/mol. The molecule has 0 aromatic heterocycles. The number of nitrogens with zero attached hydrogens (tertiary/aromatic N) is 1. The molecular formula is C13H16N2O2S. The second-order valence-corrected chi connectivity index (χ2v) is 7.25. The van der Waals surface area contributed by atoms with Gasteiger partial charge in [-0.25, -0.2) is 8.42 Å². The van der Waals surface area contributed by atoms with Gasteiger partial charge in [-0.05, 0) is 31.0 Å². The van der Waals surface area contributed by atoms with Gasteiger partial charge in [-0.1, -0.05) is 12.1 Å². The second-order valence-electron chi connectivity index (χ2n) is 5.07. The van der Waals surface area contributed by atoms with Crippen molar-refractivity contribution in [3.05, 3.63) is 35.4 Å². The summed E-state index contributed by atoms with van der Waals surface area (Å²) in [7, 11) is -2.89. The first kappa shape index (κ1) is 13.1. The number of hydrogen-bond donors (Lipinski definition) is 1. The van der Waals surface area contributed by atoms with Crippen LogP contribution < -0.4 is 5.32 Å². The van der Waals surface area contributed by atoms with Crippen molar-refractivity contribution in [3.8, 4) is 6.07 Å². The van der Waals surface area contributed by atoms with Crippen LogP contribution in [0.4, 0.5) is 0 Å². The second kappa shape index (κ2) is 4.71. The molecule has 0 saturated carbocycles. The molecule has 0 aliphatic carbocycles. The molecule has 0 amide bonds. The van der Waals surface area contributed by atoms with Crippen LogP contribution in [0.2, 0.25) is 0 Å². The van der Waals surface area contributed by atoms with Gasteiger partial charge in [0.1, 0.15) is 0 Å². The summed E-state index contributed by atoms with van der Waals surface area (Å²) in [5, 5.41) is 12.1. The van der Waals surface area contributed by atoms with E-state index in [9.17, 15) is 8.42 Å². The summed E-state index contributed by atoms with van der Waals surface area (Å²) in [4.78, 5) is 0. The van der Waals surface area contributed by atoms with Crippen LogP contribution in [0.5, 0.6) is 0 Å². The van der Waals surface area contributed by atoms with Crippen LogP contribution in [0.15, 0.2) is 24.3 Å². The maximum absolute atomic E-state index is 11.5. The van der Waals surface area contributed by atoms with Gasteiger partial charge in [0.2, 0.25) is 0 Å². The van der Waals surface area contributed by atoms with Crippen molar-refractivity contribution in [2.75, 3.05) is 11.5 Å². The first-order chi connectivity index (χ1) is 8.42. The topological polar surface area (TPSA) is 70.0 Å². The van der Waals surface area contributed by atoms with E-state index in [1.54, 1.807) is 6.07 Å². The summed E-state index contributed by atoms with van der Waals surface area (Å²) in [5.41, 5.74) is 1.28. The minimum Gasteiger partial charge on any atom is -0.306 e. The summed E-state index contributed by atoms with van der Waals surface area (Å²) >= 11 is 0. The Kier molecular flexibility index (Phi) is 3.42. The third kappa shape index (κ3) is 3.09. The first-order valence-corrected chi connectivity index (χ1v) is 7.69. The van der Waals surface area contributed by atoms with Gasteiger partial charge in [0.05, 0.1) is 23.1 Å². The molecular weight excluding hydrogens is 248 g/mol. The Bertz CT molecular complexity index is 589. The molecule has 5 heteroatoms. The van der Waals surface area contributed by atoms with Gasteiger partial charge in [0.15, 0.2) is 9.84 Å². The summed E-state index contributed by atoms with van der Waals surface area (Å²) in [6, 6.07) is 9.44. The zero-order chi connectivity index (χ0) is 13.2. The number of hydrogen-bond acceptors (Lipinski definition) is 4. The predicted molar refractivity (Wildman–Crippen MR) is 69.7 cm³/mol. The van der Waals surface area contributed by atoms with E-state index >= 15 is 0 Å². The zero-order valence-corrected chi connectivity index (χ0v) is 11.1. The molecule has 2 rings (SSSR count). The van der Waals surface area contributed by atoms with Crippen molar-refractivity contribution >= 4 is 9.84 Å². The maximum atomic E-state index is 11.5. The predicted octanol–water partition coefficient (Wildman–Crippen LogP) is 1.23. The minimum absolute atomic E-state index is 0.192. The zero-order valence-electron chi connectivity index (χ0n) is 10.3. The van der Waals surface area contributed by atoms with Crippen LogP contribution in [-0.4, -0.2) is 25.5 Å². The molecule has 1 aromatic rings. The average molecular weight is 264 g/mol. The van der Waals surface area contributed by atoms with E-state index in [4.69, 9.17) is 5.26 Å².